The summed E-state index contributed by atoms with van der Waals surface area (Å²) in [6, 6.07) is 15.3. The lowest BCUT2D eigenvalue weighted by Gasteiger charge is -2.25. The van der Waals surface area contributed by atoms with Gasteiger partial charge in [-0.15, -0.1) is 0 Å². The predicted molar refractivity (Wildman–Crippen MR) is 126 cm³/mol. The van der Waals surface area contributed by atoms with E-state index in [0.717, 1.165) is 15.9 Å². The van der Waals surface area contributed by atoms with Gasteiger partial charge in [0.25, 0.3) is 10.0 Å². The number of benzene rings is 3. The first-order valence-electron chi connectivity index (χ1n) is 11.0. The molecule has 184 valence electrons. The molecule has 0 bridgehead atoms. The summed E-state index contributed by atoms with van der Waals surface area (Å²) in [7, 11) is -4.24. The fourth-order valence-electron chi connectivity index (χ4n) is 3.62. The van der Waals surface area contributed by atoms with Crippen molar-refractivity contribution in [1.29, 1.82) is 0 Å². The van der Waals surface area contributed by atoms with Crippen LogP contribution in [-0.4, -0.2) is 40.6 Å². The molecule has 3 aromatic carbocycles. The Bertz CT molecular complexity index is 1300. The van der Waals surface area contributed by atoms with Gasteiger partial charge in [0.15, 0.2) is 11.5 Å². The molecular weight excluding hydrogens is 478 g/mol. The molecule has 1 N–H and O–H groups in total. The van der Waals surface area contributed by atoms with Gasteiger partial charge in [-0.2, -0.15) is 0 Å². The Morgan fingerprint density at radius 2 is 1.66 bits per heavy atom. The standard InChI is InChI=1S/C25H24F2N2O5S/c26-19-8-6-18(7-9-19)3-2-12-28-25(30)17-29(21-5-1-4-20(27)15-21)35(31,32)22-10-11-23-24(16-22)34-14-13-33-23/h1,4-11,15-16H,2-3,12-14,17H2,(H,28,30). The molecule has 1 heterocycles. The van der Waals surface area contributed by atoms with E-state index >= 15 is 0 Å². The van der Waals surface area contributed by atoms with E-state index in [0.29, 0.717) is 25.2 Å². The largest absolute Gasteiger partial charge is 0.486 e. The number of fused-ring (bicyclic) bond motifs is 1. The van der Waals surface area contributed by atoms with Crippen LogP contribution in [0.5, 0.6) is 11.5 Å². The summed E-state index contributed by atoms with van der Waals surface area (Å²) >= 11 is 0. The molecule has 0 unspecified atom stereocenters. The lowest BCUT2D eigenvalue weighted by atomic mass is 10.1. The SMILES string of the molecule is O=C(CN(c1cccc(F)c1)S(=O)(=O)c1ccc2c(c1)OCCO2)NCCCc1ccc(F)cc1. The van der Waals surface area contributed by atoms with Crippen LogP contribution >= 0.6 is 0 Å². The molecular formula is C25H24F2N2O5S. The molecule has 0 saturated heterocycles. The first kappa shape index (κ1) is 24.5. The third-order valence-corrected chi connectivity index (χ3v) is 7.13. The zero-order valence-electron chi connectivity index (χ0n) is 18.7. The summed E-state index contributed by atoms with van der Waals surface area (Å²) in [4.78, 5) is 12.6. The van der Waals surface area contributed by atoms with Gasteiger partial charge in [0.2, 0.25) is 5.91 Å². The molecule has 35 heavy (non-hydrogen) atoms. The molecule has 0 atom stereocenters. The van der Waals surface area contributed by atoms with Crippen molar-refractivity contribution in [3.63, 3.8) is 0 Å². The van der Waals surface area contributed by atoms with Gasteiger partial charge < -0.3 is 14.8 Å². The van der Waals surface area contributed by atoms with Gasteiger partial charge in [-0.3, -0.25) is 9.10 Å². The van der Waals surface area contributed by atoms with Gasteiger partial charge in [-0.25, -0.2) is 17.2 Å². The smallest absolute Gasteiger partial charge is 0.264 e. The Hall–Kier alpha value is -3.66. The number of carbonyl (C=O) groups excluding carboxylic acids is 1. The van der Waals surface area contributed by atoms with E-state index in [1.54, 1.807) is 12.1 Å². The third-order valence-electron chi connectivity index (χ3n) is 5.36. The minimum Gasteiger partial charge on any atom is -0.486 e. The van der Waals surface area contributed by atoms with Crippen molar-refractivity contribution in [2.45, 2.75) is 17.7 Å². The highest BCUT2D eigenvalue weighted by atomic mass is 32.2. The molecule has 4 rings (SSSR count). The topological polar surface area (TPSA) is 84.9 Å². The lowest BCUT2D eigenvalue weighted by Crippen LogP contribution is -2.41. The molecule has 1 amide bonds. The monoisotopic (exact) mass is 502 g/mol. The van der Waals surface area contributed by atoms with Crippen molar-refractivity contribution in [2.75, 3.05) is 30.6 Å². The Labute approximate surface area is 202 Å². The molecule has 10 heteroatoms. The van der Waals surface area contributed by atoms with Crippen LogP contribution in [0.25, 0.3) is 0 Å². The van der Waals surface area contributed by atoms with Crippen LogP contribution in [-0.2, 0) is 21.2 Å². The number of ether oxygens (including phenoxy) is 2. The Balaban J connectivity index is 1.48. The number of aryl methyl sites for hydroxylation is 1. The molecule has 3 aromatic rings. The number of hydrogen-bond donors (Lipinski definition) is 1. The Morgan fingerprint density at radius 1 is 0.914 bits per heavy atom. The highest BCUT2D eigenvalue weighted by Gasteiger charge is 2.29. The molecule has 0 saturated carbocycles. The van der Waals surface area contributed by atoms with Crippen LogP contribution in [0.3, 0.4) is 0 Å². The first-order valence-corrected chi connectivity index (χ1v) is 12.5. The highest BCUT2D eigenvalue weighted by Crippen LogP contribution is 2.34. The molecule has 0 radical (unpaired) electrons. The van der Waals surface area contributed by atoms with Crippen molar-refractivity contribution in [3.05, 3.63) is 83.9 Å². The molecule has 0 fully saturated rings. The Morgan fingerprint density at radius 3 is 2.40 bits per heavy atom. The average molecular weight is 503 g/mol. The number of nitrogens with zero attached hydrogens (tertiary/aromatic N) is 1. The number of rotatable bonds is 9. The van der Waals surface area contributed by atoms with Crippen LogP contribution in [0, 0.1) is 11.6 Å². The van der Waals surface area contributed by atoms with E-state index in [2.05, 4.69) is 5.32 Å². The summed E-state index contributed by atoms with van der Waals surface area (Å²) in [6.45, 7) is 0.383. The Kier molecular flexibility index (Phi) is 7.50. The maximum atomic E-state index is 13.9. The molecule has 0 aromatic heterocycles. The van der Waals surface area contributed by atoms with Gasteiger partial charge in [-0.05, 0) is 60.9 Å². The van der Waals surface area contributed by atoms with E-state index in [-0.39, 0.29) is 35.3 Å². The summed E-state index contributed by atoms with van der Waals surface area (Å²) in [5.41, 5.74) is 0.935. The fraction of sp³-hybridized carbons (Fsp3) is 0.240. The number of anilines is 1. The summed E-state index contributed by atoms with van der Waals surface area (Å²) in [5, 5.41) is 2.70. The average Bonchev–Trinajstić information content (AvgIpc) is 2.86. The summed E-state index contributed by atoms with van der Waals surface area (Å²) in [6.07, 6.45) is 1.19. The van der Waals surface area contributed by atoms with Gasteiger partial charge in [0.05, 0.1) is 10.6 Å². The second-order valence-corrected chi connectivity index (χ2v) is 9.74. The third kappa shape index (κ3) is 6.07. The van der Waals surface area contributed by atoms with E-state index < -0.39 is 28.3 Å². The second kappa shape index (κ2) is 10.7. The van der Waals surface area contributed by atoms with E-state index in [1.165, 1.54) is 48.5 Å². The van der Waals surface area contributed by atoms with E-state index in [9.17, 15) is 22.0 Å². The van der Waals surface area contributed by atoms with Crippen molar-refractivity contribution in [1.82, 2.24) is 5.32 Å². The fourth-order valence-corrected chi connectivity index (χ4v) is 5.04. The second-order valence-electron chi connectivity index (χ2n) is 7.88. The van der Waals surface area contributed by atoms with Gasteiger partial charge in [0, 0.05) is 12.6 Å². The maximum absolute atomic E-state index is 13.9. The summed E-state index contributed by atoms with van der Waals surface area (Å²) in [5.74, 6) is -0.800. The first-order chi connectivity index (χ1) is 16.8. The van der Waals surface area contributed by atoms with Crippen LogP contribution < -0.4 is 19.1 Å². The zero-order chi connectivity index (χ0) is 24.8. The normalized spacial score (nSPS) is 12.7. The summed E-state index contributed by atoms with van der Waals surface area (Å²) < 4.78 is 65.8. The van der Waals surface area contributed by atoms with E-state index in [4.69, 9.17) is 9.47 Å². The van der Waals surface area contributed by atoms with Crippen LogP contribution in [0.2, 0.25) is 0 Å². The van der Waals surface area contributed by atoms with Gasteiger partial charge >= 0.3 is 0 Å². The van der Waals surface area contributed by atoms with Crippen LogP contribution in [0.1, 0.15) is 12.0 Å². The van der Waals surface area contributed by atoms with Crippen LogP contribution in [0.15, 0.2) is 71.6 Å². The number of nitrogens with one attached hydrogen (secondary N) is 1. The number of sulfonamides is 1. The number of halogens is 2. The number of amides is 1. The molecule has 1 aliphatic rings. The lowest BCUT2D eigenvalue weighted by molar-refractivity contribution is -0.119. The minimum atomic E-state index is -4.24. The van der Waals surface area contributed by atoms with Gasteiger partial charge in [-0.1, -0.05) is 18.2 Å². The zero-order valence-corrected chi connectivity index (χ0v) is 19.6. The van der Waals surface area contributed by atoms with Crippen LogP contribution in [0.4, 0.5) is 14.5 Å². The molecule has 0 spiro atoms. The predicted octanol–water partition coefficient (Wildman–Crippen LogP) is 3.68. The number of hydrogen-bond acceptors (Lipinski definition) is 5. The van der Waals surface area contributed by atoms with E-state index in [1.807, 2.05) is 0 Å². The van der Waals surface area contributed by atoms with Crippen molar-refractivity contribution in [3.8, 4) is 11.5 Å². The van der Waals surface area contributed by atoms with Crippen molar-refractivity contribution >= 4 is 21.6 Å². The van der Waals surface area contributed by atoms with Gasteiger partial charge in [0.1, 0.15) is 31.4 Å². The van der Waals surface area contributed by atoms with Crippen molar-refractivity contribution in [2.24, 2.45) is 0 Å². The maximum Gasteiger partial charge on any atom is 0.264 e. The minimum absolute atomic E-state index is 0.0151. The molecule has 0 aliphatic carbocycles. The van der Waals surface area contributed by atoms with Crippen molar-refractivity contribution < 1.29 is 31.5 Å². The number of carbonyl (C=O) groups is 1. The highest BCUT2D eigenvalue weighted by molar-refractivity contribution is 7.92. The molecule has 1 aliphatic heterocycles. The quantitative estimate of drug-likeness (QED) is 0.452. The molecule has 7 nitrogen and oxygen atoms in total.